The number of benzene rings is 3. The summed E-state index contributed by atoms with van der Waals surface area (Å²) < 4.78 is 21.7. The van der Waals surface area contributed by atoms with Gasteiger partial charge in [0.05, 0.1) is 27.6 Å². The molecule has 8 heteroatoms. The average Bonchev–Trinajstić information content (AvgIpc) is 3.32. The quantitative estimate of drug-likeness (QED) is 0.327. The van der Waals surface area contributed by atoms with Crippen LogP contribution in [0.15, 0.2) is 71.3 Å². The molecule has 4 rings (SSSR count). The smallest absolute Gasteiger partial charge is 0.323 e. The van der Waals surface area contributed by atoms with Crippen molar-refractivity contribution in [2.75, 3.05) is 32.0 Å². The van der Waals surface area contributed by atoms with E-state index in [0.717, 1.165) is 22.1 Å². The monoisotopic (exact) mass is 461 g/mol. The lowest BCUT2D eigenvalue weighted by atomic mass is 9.97. The van der Waals surface area contributed by atoms with Gasteiger partial charge < -0.3 is 35.0 Å². The van der Waals surface area contributed by atoms with Gasteiger partial charge in [-0.3, -0.25) is 0 Å². The first-order valence-electron chi connectivity index (χ1n) is 10.7. The standard InChI is InChI=1S/C26H27N3O5/c1-31-20-13-24(32-2)21(25(14-20)33-3)15-22(27)16-5-4-6-18(11-16)28-26(30)29-19-7-8-23-17(12-19)9-10-34-23/h4-14,22H,15,27H2,1-3H3,(H2,28,29,30). The van der Waals surface area contributed by atoms with Crippen LogP contribution in [0.4, 0.5) is 16.2 Å². The first-order chi connectivity index (χ1) is 16.5. The lowest BCUT2D eigenvalue weighted by Gasteiger charge is -2.19. The minimum atomic E-state index is -0.357. The number of rotatable bonds is 8. The van der Waals surface area contributed by atoms with Crippen molar-refractivity contribution in [2.45, 2.75) is 12.5 Å². The normalized spacial score (nSPS) is 11.6. The third kappa shape index (κ3) is 5.07. The molecule has 2 amide bonds. The number of hydrogen-bond donors (Lipinski definition) is 3. The van der Waals surface area contributed by atoms with E-state index in [1.165, 1.54) is 0 Å². The molecule has 0 aliphatic rings. The summed E-state index contributed by atoms with van der Waals surface area (Å²) in [6.07, 6.45) is 2.08. The summed E-state index contributed by atoms with van der Waals surface area (Å²) in [6, 6.07) is 17.6. The van der Waals surface area contributed by atoms with E-state index in [4.69, 9.17) is 24.4 Å². The summed E-state index contributed by atoms with van der Waals surface area (Å²) in [6.45, 7) is 0. The van der Waals surface area contributed by atoms with Crippen LogP contribution in [0.25, 0.3) is 11.0 Å². The zero-order valence-corrected chi connectivity index (χ0v) is 19.3. The number of carbonyl (C=O) groups is 1. The van der Waals surface area contributed by atoms with Gasteiger partial charge in [0.1, 0.15) is 22.8 Å². The number of amides is 2. The number of carbonyl (C=O) groups excluding carboxylic acids is 1. The fourth-order valence-corrected chi connectivity index (χ4v) is 3.80. The fourth-order valence-electron chi connectivity index (χ4n) is 3.80. The number of ether oxygens (including phenoxy) is 3. The Balaban J connectivity index is 1.47. The maximum absolute atomic E-state index is 12.5. The highest BCUT2D eigenvalue weighted by molar-refractivity contribution is 6.00. The molecule has 0 saturated carbocycles. The molecule has 1 unspecified atom stereocenters. The first-order valence-corrected chi connectivity index (χ1v) is 10.7. The van der Waals surface area contributed by atoms with Crippen molar-refractivity contribution >= 4 is 28.4 Å². The van der Waals surface area contributed by atoms with Crippen LogP contribution in [-0.2, 0) is 6.42 Å². The maximum Gasteiger partial charge on any atom is 0.323 e. The number of nitrogens with one attached hydrogen (secondary N) is 2. The highest BCUT2D eigenvalue weighted by Gasteiger charge is 2.18. The average molecular weight is 462 g/mol. The first kappa shape index (κ1) is 23.0. The number of nitrogens with two attached hydrogens (primary N) is 1. The van der Waals surface area contributed by atoms with Gasteiger partial charge in [-0.1, -0.05) is 12.1 Å². The van der Waals surface area contributed by atoms with Crippen molar-refractivity contribution in [1.82, 2.24) is 0 Å². The number of fused-ring (bicyclic) bond motifs is 1. The van der Waals surface area contributed by atoms with Crippen molar-refractivity contribution < 1.29 is 23.4 Å². The molecule has 176 valence electrons. The molecule has 0 aliphatic carbocycles. The van der Waals surface area contributed by atoms with Gasteiger partial charge in [0.15, 0.2) is 0 Å². The molecule has 34 heavy (non-hydrogen) atoms. The molecule has 0 aliphatic heterocycles. The zero-order chi connectivity index (χ0) is 24.1. The molecule has 0 bridgehead atoms. The van der Waals surface area contributed by atoms with Crippen LogP contribution in [-0.4, -0.2) is 27.4 Å². The predicted octanol–water partition coefficient (Wildman–Crippen LogP) is 5.35. The number of anilines is 2. The molecule has 0 saturated heterocycles. The topological polar surface area (TPSA) is 108 Å². The Kier molecular flexibility index (Phi) is 6.89. The fraction of sp³-hybridized carbons (Fsp3) is 0.192. The summed E-state index contributed by atoms with van der Waals surface area (Å²) in [7, 11) is 4.78. The van der Waals surface area contributed by atoms with E-state index in [1.54, 1.807) is 45.8 Å². The van der Waals surface area contributed by atoms with Crippen LogP contribution in [0.1, 0.15) is 17.2 Å². The van der Waals surface area contributed by atoms with Crippen molar-refractivity contribution in [2.24, 2.45) is 5.73 Å². The van der Waals surface area contributed by atoms with E-state index < -0.39 is 0 Å². The van der Waals surface area contributed by atoms with Gasteiger partial charge >= 0.3 is 6.03 Å². The second kappa shape index (κ2) is 10.2. The number of methoxy groups -OCH3 is 3. The molecule has 4 aromatic rings. The molecule has 0 fully saturated rings. The van der Waals surface area contributed by atoms with Crippen molar-refractivity contribution in [3.05, 3.63) is 78.1 Å². The highest BCUT2D eigenvalue weighted by Crippen LogP contribution is 2.36. The minimum absolute atomic E-state index is 0.355. The third-order valence-corrected chi connectivity index (χ3v) is 5.52. The second-order valence-electron chi connectivity index (χ2n) is 7.70. The minimum Gasteiger partial charge on any atom is -0.496 e. The van der Waals surface area contributed by atoms with E-state index in [2.05, 4.69) is 10.6 Å². The zero-order valence-electron chi connectivity index (χ0n) is 19.3. The molecule has 3 aromatic carbocycles. The highest BCUT2D eigenvalue weighted by atomic mass is 16.5. The van der Waals surface area contributed by atoms with Gasteiger partial charge in [-0.05, 0) is 48.4 Å². The van der Waals surface area contributed by atoms with Crippen LogP contribution >= 0.6 is 0 Å². The second-order valence-corrected chi connectivity index (χ2v) is 7.70. The lowest BCUT2D eigenvalue weighted by Crippen LogP contribution is -2.20. The Morgan fingerprint density at radius 3 is 2.29 bits per heavy atom. The molecular weight excluding hydrogens is 434 g/mol. The maximum atomic E-state index is 12.5. The summed E-state index contributed by atoms with van der Waals surface area (Å²) in [5.41, 5.74) is 10.3. The lowest BCUT2D eigenvalue weighted by molar-refractivity contribution is 0.262. The predicted molar refractivity (Wildman–Crippen MR) is 132 cm³/mol. The number of furan rings is 1. The molecule has 1 heterocycles. The summed E-state index contributed by atoms with van der Waals surface area (Å²) in [4.78, 5) is 12.5. The van der Waals surface area contributed by atoms with Crippen LogP contribution in [0.5, 0.6) is 17.2 Å². The van der Waals surface area contributed by atoms with Gasteiger partial charge in [0.2, 0.25) is 0 Å². The SMILES string of the molecule is COc1cc(OC)c(CC(N)c2cccc(NC(=O)Nc3ccc4occc4c3)c2)c(OC)c1. The van der Waals surface area contributed by atoms with E-state index in [-0.39, 0.29) is 12.1 Å². The van der Waals surface area contributed by atoms with Crippen molar-refractivity contribution in [3.8, 4) is 17.2 Å². The molecule has 4 N–H and O–H groups in total. The van der Waals surface area contributed by atoms with Gasteiger partial charge in [-0.25, -0.2) is 4.79 Å². The van der Waals surface area contributed by atoms with Crippen LogP contribution in [0, 0.1) is 0 Å². The van der Waals surface area contributed by atoms with Crippen LogP contribution in [0.3, 0.4) is 0 Å². The van der Waals surface area contributed by atoms with E-state index in [9.17, 15) is 4.79 Å². The summed E-state index contributed by atoms with van der Waals surface area (Å²) >= 11 is 0. The molecule has 1 aromatic heterocycles. The Labute approximate surface area is 197 Å². The van der Waals surface area contributed by atoms with E-state index in [0.29, 0.717) is 35.0 Å². The summed E-state index contributed by atoms with van der Waals surface area (Å²) in [5, 5.41) is 6.60. The molecular formula is C26H27N3O5. The largest absolute Gasteiger partial charge is 0.496 e. The molecule has 1 atom stereocenters. The number of hydrogen-bond acceptors (Lipinski definition) is 6. The van der Waals surface area contributed by atoms with Gasteiger partial charge in [0, 0.05) is 40.5 Å². The van der Waals surface area contributed by atoms with Crippen molar-refractivity contribution in [3.63, 3.8) is 0 Å². The van der Waals surface area contributed by atoms with Crippen LogP contribution in [0.2, 0.25) is 0 Å². The molecule has 0 spiro atoms. The van der Waals surface area contributed by atoms with Gasteiger partial charge in [0.25, 0.3) is 0 Å². The Hall–Kier alpha value is -4.17. The Bertz CT molecular complexity index is 1280. The third-order valence-electron chi connectivity index (χ3n) is 5.52. The molecule has 0 radical (unpaired) electrons. The molecule has 8 nitrogen and oxygen atoms in total. The summed E-state index contributed by atoms with van der Waals surface area (Å²) in [5.74, 6) is 1.90. The Morgan fingerprint density at radius 2 is 1.62 bits per heavy atom. The number of urea groups is 1. The van der Waals surface area contributed by atoms with Gasteiger partial charge in [-0.2, -0.15) is 0 Å². The van der Waals surface area contributed by atoms with E-state index in [1.807, 2.05) is 42.5 Å². The Morgan fingerprint density at radius 1 is 0.912 bits per heavy atom. The van der Waals surface area contributed by atoms with Crippen molar-refractivity contribution in [1.29, 1.82) is 0 Å². The van der Waals surface area contributed by atoms with Gasteiger partial charge in [-0.15, -0.1) is 0 Å². The van der Waals surface area contributed by atoms with Crippen LogP contribution < -0.4 is 30.6 Å². The van der Waals surface area contributed by atoms with E-state index >= 15 is 0 Å².